The number of hydrogen-bond acceptors (Lipinski definition) is 7. The van der Waals surface area contributed by atoms with Gasteiger partial charge >= 0.3 is 0 Å². The lowest BCUT2D eigenvalue weighted by Crippen LogP contribution is -2.57. The van der Waals surface area contributed by atoms with Crippen molar-refractivity contribution in [3.63, 3.8) is 0 Å². The van der Waals surface area contributed by atoms with Gasteiger partial charge in [0.1, 0.15) is 23.8 Å². The van der Waals surface area contributed by atoms with Gasteiger partial charge < -0.3 is 24.5 Å². The molecule has 0 radical (unpaired) electrons. The molecule has 11 nitrogen and oxygen atoms in total. The van der Waals surface area contributed by atoms with E-state index in [0.29, 0.717) is 24.9 Å². The molecule has 1 aromatic carbocycles. The van der Waals surface area contributed by atoms with Crippen molar-refractivity contribution in [2.75, 3.05) is 33.3 Å². The lowest BCUT2D eigenvalue weighted by atomic mass is 9.66. The maximum atomic E-state index is 14.3. The van der Waals surface area contributed by atoms with Crippen LogP contribution in [-0.2, 0) is 25.8 Å². The van der Waals surface area contributed by atoms with Gasteiger partial charge in [0.05, 0.1) is 29.6 Å². The van der Waals surface area contributed by atoms with Crippen molar-refractivity contribution in [1.29, 1.82) is 0 Å². The number of rotatable bonds is 10. The van der Waals surface area contributed by atoms with Crippen molar-refractivity contribution in [3.05, 3.63) is 49.6 Å². The first-order valence-corrected chi connectivity index (χ1v) is 12.9. The average Bonchev–Trinajstić information content (AvgIpc) is 3.60. The second-order valence-corrected chi connectivity index (χ2v) is 10.6. The largest absolute Gasteiger partial charge is 0.395 e. The number of likely N-dealkylation sites (tertiary alicyclic amines) is 1. The van der Waals surface area contributed by atoms with Crippen molar-refractivity contribution in [2.24, 2.45) is 11.8 Å². The quantitative estimate of drug-likeness (QED) is 0.458. The molecular formula is C27H34N6O5. The predicted molar refractivity (Wildman–Crippen MR) is 138 cm³/mol. The van der Waals surface area contributed by atoms with Crippen molar-refractivity contribution in [3.8, 4) is 0 Å². The molecule has 1 spiro atoms. The zero-order chi connectivity index (χ0) is 27.2. The monoisotopic (exact) mass is 522 g/mol. The molecule has 4 heterocycles. The summed E-state index contributed by atoms with van der Waals surface area (Å²) in [6, 6.07) is 6.45. The Balaban J connectivity index is 1.53. The number of ether oxygens (including phenoxy) is 1. The van der Waals surface area contributed by atoms with Crippen LogP contribution in [-0.4, -0.2) is 103 Å². The molecular weight excluding hydrogens is 488 g/mol. The molecule has 3 amide bonds. The Labute approximate surface area is 221 Å². The number of aromatic nitrogens is 3. The summed E-state index contributed by atoms with van der Waals surface area (Å²) >= 11 is 0. The molecule has 5 rings (SSSR count). The molecule has 3 aliphatic rings. The highest BCUT2D eigenvalue weighted by atomic mass is 16.5. The molecule has 202 valence electrons. The van der Waals surface area contributed by atoms with Gasteiger partial charge in [-0.15, -0.1) is 18.3 Å². The van der Waals surface area contributed by atoms with Crippen LogP contribution in [0, 0.1) is 11.8 Å². The number of fused-ring (bicyclic) bond motifs is 2. The molecule has 5 atom stereocenters. The molecule has 3 aliphatic heterocycles. The van der Waals surface area contributed by atoms with Gasteiger partial charge in [0.25, 0.3) is 0 Å². The Morgan fingerprint density at radius 2 is 1.95 bits per heavy atom. The summed E-state index contributed by atoms with van der Waals surface area (Å²) in [5.41, 5.74) is -0.577. The van der Waals surface area contributed by atoms with Crippen molar-refractivity contribution < 1.29 is 24.2 Å². The Morgan fingerprint density at radius 3 is 2.66 bits per heavy atom. The van der Waals surface area contributed by atoms with E-state index in [4.69, 9.17) is 4.74 Å². The van der Waals surface area contributed by atoms with Crippen LogP contribution in [0.2, 0.25) is 0 Å². The Morgan fingerprint density at radius 1 is 1.21 bits per heavy atom. The van der Waals surface area contributed by atoms with Gasteiger partial charge in [0.15, 0.2) is 0 Å². The van der Waals surface area contributed by atoms with Crippen LogP contribution in [0.25, 0.3) is 11.0 Å². The molecule has 3 saturated heterocycles. The van der Waals surface area contributed by atoms with Crippen molar-refractivity contribution in [2.45, 2.75) is 43.7 Å². The number of carbonyl (C=O) groups excluding carboxylic acids is 3. The van der Waals surface area contributed by atoms with E-state index in [9.17, 15) is 19.5 Å². The molecule has 0 aliphatic carbocycles. The Hall–Kier alpha value is -3.57. The number of hydrogen-bond donors (Lipinski definition) is 1. The summed E-state index contributed by atoms with van der Waals surface area (Å²) in [6.07, 6.45) is 4.25. The minimum atomic E-state index is -1.17. The highest BCUT2D eigenvalue weighted by molar-refractivity contribution is 5.99. The van der Waals surface area contributed by atoms with Gasteiger partial charge in [-0.3, -0.25) is 14.4 Å². The standard InChI is InChI=1S/C27H34N6O5/c1-5-13-30(4)23(35)20-21-24(36)32(15-16-34)22(27(21)12-11-26(20,3)38-27)25(37)31(14-6-2)17-33-19-10-8-7-9-18(19)28-29-33/h5-10,20-22,34H,1-2,11-17H2,3-4H3/t20-,21-,22?,26+,27?/m0/s1. The summed E-state index contributed by atoms with van der Waals surface area (Å²) in [5, 5.41) is 18.2. The number of carbonyl (C=O) groups is 3. The third-order valence-electron chi connectivity index (χ3n) is 8.28. The SMILES string of the molecule is C=CCN(C)C(=O)[C@@H]1[C@H]2C(=O)N(CCO)C(C(=O)N(CC=C)Cn3nnc4ccccc43)C23CC[C@@]1(C)O3. The fourth-order valence-electron chi connectivity index (χ4n) is 6.68. The van der Waals surface area contributed by atoms with Crippen molar-refractivity contribution in [1.82, 2.24) is 29.7 Å². The average molecular weight is 523 g/mol. The molecule has 3 fully saturated rings. The van der Waals surface area contributed by atoms with Crippen LogP contribution in [0.5, 0.6) is 0 Å². The minimum Gasteiger partial charge on any atom is -0.395 e. The number of aliphatic hydroxyl groups excluding tert-OH is 1. The van der Waals surface area contributed by atoms with Crippen molar-refractivity contribution >= 4 is 28.8 Å². The van der Waals surface area contributed by atoms with E-state index in [1.54, 1.807) is 33.7 Å². The zero-order valence-corrected chi connectivity index (χ0v) is 21.8. The Kier molecular flexibility index (Phi) is 6.60. The second kappa shape index (κ2) is 9.63. The maximum Gasteiger partial charge on any atom is 0.250 e. The molecule has 11 heteroatoms. The van der Waals surface area contributed by atoms with E-state index in [1.807, 2.05) is 31.2 Å². The molecule has 1 aromatic heterocycles. The summed E-state index contributed by atoms with van der Waals surface area (Å²) < 4.78 is 8.25. The summed E-state index contributed by atoms with van der Waals surface area (Å²) in [7, 11) is 1.67. The van der Waals surface area contributed by atoms with Gasteiger partial charge in [-0.1, -0.05) is 29.5 Å². The maximum absolute atomic E-state index is 14.3. The number of β-amino-alcohol motifs (C(OH)–C–C–N with tert-alkyl or cyclic N) is 1. The zero-order valence-electron chi connectivity index (χ0n) is 21.8. The first-order chi connectivity index (χ1) is 18.2. The lowest BCUT2D eigenvalue weighted by Gasteiger charge is -2.36. The number of likely N-dealkylation sites (N-methyl/N-ethyl adjacent to an activating group) is 1. The fraction of sp³-hybridized carbons (Fsp3) is 0.519. The van der Waals surface area contributed by atoms with Gasteiger partial charge in [-0.2, -0.15) is 0 Å². The van der Waals surface area contributed by atoms with Crippen LogP contribution >= 0.6 is 0 Å². The van der Waals surface area contributed by atoms with E-state index >= 15 is 0 Å². The van der Waals surface area contributed by atoms with E-state index in [2.05, 4.69) is 23.5 Å². The summed E-state index contributed by atoms with van der Waals surface area (Å²) in [6.45, 7) is 9.66. The van der Waals surface area contributed by atoms with E-state index in [1.165, 1.54) is 4.90 Å². The number of amides is 3. The van der Waals surface area contributed by atoms with Gasteiger partial charge in [0.2, 0.25) is 17.7 Å². The molecule has 2 unspecified atom stereocenters. The third-order valence-corrected chi connectivity index (χ3v) is 8.28. The molecule has 1 N–H and O–H groups in total. The van der Waals surface area contributed by atoms with Gasteiger partial charge in [-0.05, 0) is 31.9 Å². The van der Waals surface area contributed by atoms with Gasteiger partial charge in [0, 0.05) is 26.7 Å². The lowest BCUT2D eigenvalue weighted by molar-refractivity contribution is -0.154. The number of nitrogens with zero attached hydrogens (tertiary/aromatic N) is 6. The Bertz CT molecular complexity index is 1290. The van der Waals surface area contributed by atoms with E-state index in [-0.39, 0.29) is 44.1 Å². The van der Waals surface area contributed by atoms with Crippen LogP contribution in [0.15, 0.2) is 49.6 Å². The van der Waals surface area contributed by atoms with Crippen LogP contribution < -0.4 is 0 Å². The normalized spacial score (nSPS) is 29.5. The van der Waals surface area contributed by atoms with Crippen LogP contribution in [0.3, 0.4) is 0 Å². The molecule has 38 heavy (non-hydrogen) atoms. The number of para-hydroxylation sites is 1. The van der Waals surface area contributed by atoms with Crippen LogP contribution in [0.1, 0.15) is 19.8 Å². The molecule has 2 aromatic rings. The smallest absolute Gasteiger partial charge is 0.250 e. The molecule has 0 saturated carbocycles. The first-order valence-electron chi connectivity index (χ1n) is 12.9. The minimum absolute atomic E-state index is 0.0366. The number of benzene rings is 1. The summed E-state index contributed by atoms with van der Waals surface area (Å²) in [4.78, 5) is 46.3. The highest BCUT2D eigenvalue weighted by Gasteiger charge is 2.78. The third kappa shape index (κ3) is 3.75. The van der Waals surface area contributed by atoms with E-state index in [0.717, 1.165) is 5.52 Å². The van der Waals surface area contributed by atoms with Crippen LogP contribution in [0.4, 0.5) is 0 Å². The number of aliphatic hydroxyl groups is 1. The fourth-order valence-corrected chi connectivity index (χ4v) is 6.68. The van der Waals surface area contributed by atoms with E-state index < -0.39 is 29.1 Å². The second-order valence-electron chi connectivity index (χ2n) is 10.6. The molecule has 2 bridgehead atoms. The topological polar surface area (TPSA) is 121 Å². The highest BCUT2D eigenvalue weighted by Crippen LogP contribution is 2.63. The summed E-state index contributed by atoms with van der Waals surface area (Å²) in [5.74, 6) is -2.44. The van der Waals surface area contributed by atoms with Gasteiger partial charge in [-0.25, -0.2) is 4.68 Å². The predicted octanol–water partition coefficient (Wildman–Crippen LogP) is 0.805. The first kappa shape index (κ1) is 26.1.